The van der Waals surface area contributed by atoms with Gasteiger partial charge in [-0.1, -0.05) is 30.3 Å². The van der Waals surface area contributed by atoms with Crippen molar-refractivity contribution in [2.75, 3.05) is 18.8 Å². The number of benzene rings is 1. The predicted octanol–water partition coefficient (Wildman–Crippen LogP) is 0.616. The van der Waals surface area contributed by atoms with Crippen molar-refractivity contribution in [3.63, 3.8) is 0 Å². The van der Waals surface area contributed by atoms with Crippen molar-refractivity contribution in [3.05, 3.63) is 35.9 Å². The molecule has 1 aliphatic rings. The molecule has 0 saturated carbocycles. The van der Waals surface area contributed by atoms with Crippen LogP contribution in [-0.2, 0) is 16.3 Å². The molecule has 2 rings (SSSR count). The fraction of sp³-hybridized carbons (Fsp3) is 0.455. The maximum absolute atomic E-state index is 11.7. The van der Waals surface area contributed by atoms with Gasteiger partial charge in [0.2, 0.25) is 0 Å². The molecular formula is C11H15NO2S. The molecule has 0 aromatic heterocycles. The lowest BCUT2D eigenvalue weighted by Crippen LogP contribution is -2.52. The van der Waals surface area contributed by atoms with Crippen LogP contribution < -0.4 is 5.32 Å². The van der Waals surface area contributed by atoms with E-state index in [4.69, 9.17) is 0 Å². The average molecular weight is 225 g/mol. The van der Waals surface area contributed by atoms with E-state index in [0.29, 0.717) is 19.5 Å². The van der Waals surface area contributed by atoms with Crippen molar-refractivity contribution < 1.29 is 8.42 Å². The molecule has 0 radical (unpaired) electrons. The molecule has 1 heterocycles. The lowest BCUT2D eigenvalue weighted by Gasteiger charge is -2.26. The highest BCUT2D eigenvalue weighted by Crippen LogP contribution is 2.10. The largest absolute Gasteiger partial charge is 0.314 e. The average Bonchev–Trinajstić information content (AvgIpc) is 2.13. The molecule has 0 bridgehead atoms. The van der Waals surface area contributed by atoms with Crippen LogP contribution in [0.5, 0.6) is 0 Å². The van der Waals surface area contributed by atoms with E-state index in [1.165, 1.54) is 0 Å². The van der Waals surface area contributed by atoms with Gasteiger partial charge in [-0.15, -0.1) is 0 Å². The monoisotopic (exact) mass is 225 g/mol. The third kappa shape index (κ3) is 2.58. The van der Waals surface area contributed by atoms with E-state index in [1.54, 1.807) is 0 Å². The summed E-state index contributed by atoms with van der Waals surface area (Å²) in [5, 5.41) is 2.83. The van der Waals surface area contributed by atoms with Crippen molar-refractivity contribution in [2.24, 2.45) is 0 Å². The predicted molar refractivity (Wildman–Crippen MR) is 60.6 cm³/mol. The summed E-state index contributed by atoms with van der Waals surface area (Å²) >= 11 is 0. The van der Waals surface area contributed by atoms with Gasteiger partial charge >= 0.3 is 0 Å². The van der Waals surface area contributed by atoms with E-state index in [2.05, 4.69) is 5.32 Å². The summed E-state index contributed by atoms with van der Waals surface area (Å²) < 4.78 is 23.5. The maximum atomic E-state index is 11.7. The number of sulfone groups is 1. The fourth-order valence-corrected chi connectivity index (χ4v) is 3.18. The van der Waals surface area contributed by atoms with Gasteiger partial charge in [-0.25, -0.2) is 8.42 Å². The summed E-state index contributed by atoms with van der Waals surface area (Å²) in [4.78, 5) is 0. The highest BCUT2D eigenvalue weighted by Gasteiger charge is 2.30. The van der Waals surface area contributed by atoms with Crippen LogP contribution in [0.25, 0.3) is 0 Å². The first-order valence-electron chi connectivity index (χ1n) is 5.15. The summed E-state index contributed by atoms with van der Waals surface area (Å²) in [6.07, 6.45) is 0.625. The molecule has 1 N–H and O–H groups in total. The molecule has 4 heteroatoms. The lowest BCUT2D eigenvalue weighted by atomic mass is 10.2. The van der Waals surface area contributed by atoms with Gasteiger partial charge in [0.1, 0.15) is 0 Å². The second kappa shape index (κ2) is 4.33. The minimum absolute atomic E-state index is 0.152. The third-order valence-electron chi connectivity index (χ3n) is 2.77. The van der Waals surface area contributed by atoms with Crippen LogP contribution in [0, 0.1) is 0 Å². The van der Waals surface area contributed by atoms with Crippen molar-refractivity contribution in [1.82, 2.24) is 5.32 Å². The number of hydrogen-bond acceptors (Lipinski definition) is 3. The second-order valence-corrected chi connectivity index (χ2v) is 6.28. The fourth-order valence-electron chi connectivity index (χ4n) is 1.59. The Kier molecular flexibility index (Phi) is 3.07. The molecule has 3 nitrogen and oxygen atoms in total. The van der Waals surface area contributed by atoms with Crippen molar-refractivity contribution in [3.8, 4) is 0 Å². The standard InChI is InChI=1S/C11H15NO2S/c13-15(14,11-8-12-9-11)7-6-10-4-2-1-3-5-10/h1-5,11-12H,6-9H2. The van der Waals surface area contributed by atoms with Gasteiger partial charge in [-0.05, 0) is 12.0 Å². The molecule has 15 heavy (non-hydrogen) atoms. The van der Waals surface area contributed by atoms with Crippen LogP contribution in [0.2, 0.25) is 0 Å². The molecule has 1 aromatic carbocycles. The molecule has 0 amide bonds. The topological polar surface area (TPSA) is 46.2 Å². The number of rotatable bonds is 4. The molecular weight excluding hydrogens is 210 g/mol. The minimum atomic E-state index is -2.88. The first-order valence-corrected chi connectivity index (χ1v) is 6.86. The number of hydrogen-bond donors (Lipinski definition) is 1. The van der Waals surface area contributed by atoms with Crippen LogP contribution in [0.3, 0.4) is 0 Å². The molecule has 0 unspecified atom stereocenters. The molecule has 0 spiro atoms. The Morgan fingerprint density at radius 2 is 1.87 bits per heavy atom. The zero-order valence-corrected chi connectivity index (χ0v) is 9.33. The zero-order chi connectivity index (χ0) is 10.7. The van der Waals surface area contributed by atoms with E-state index < -0.39 is 9.84 Å². The van der Waals surface area contributed by atoms with Gasteiger partial charge in [0.25, 0.3) is 0 Å². The molecule has 82 valence electrons. The number of nitrogens with one attached hydrogen (secondary N) is 1. The van der Waals surface area contributed by atoms with E-state index in [1.807, 2.05) is 30.3 Å². The first kappa shape index (κ1) is 10.6. The third-order valence-corrected chi connectivity index (χ3v) is 4.89. The summed E-state index contributed by atoms with van der Waals surface area (Å²) in [5.41, 5.74) is 1.09. The quantitative estimate of drug-likeness (QED) is 0.817. The Morgan fingerprint density at radius 1 is 1.20 bits per heavy atom. The van der Waals surface area contributed by atoms with Crippen molar-refractivity contribution in [2.45, 2.75) is 11.7 Å². The molecule has 0 aliphatic carbocycles. The minimum Gasteiger partial charge on any atom is -0.314 e. The van der Waals surface area contributed by atoms with Crippen molar-refractivity contribution >= 4 is 9.84 Å². The van der Waals surface area contributed by atoms with Crippen LogP contribution in [-0.4, -0.2) is 32.5 Å². The SMILES string of the molecule is O=S(=O)(CCc1ccccc1)C1CNC1. The van der Waals surface area contributed by atoms with Gasteiger partial charge < -0.3 is 5.32 Å². The zero-order valence-electron chi connectivity index (χ0n) is 8.52. The molecule has 1 aliphatic heterocycles. The van der Waals surface area contributed by atoms with E-state index in [-0.39, 0.29) is 11.0 Å². The van der Waals surface area contributed by atoms with Crippen molar-refractivity contribution in [1.29, 1.82) is 0 Å². The molecule has 1 fully saturated rings. The van der Waals surface area contributed by atoms with E-state index in [9.17, 15) is 8.42 Å². The summed E-state index contributed by atoms with van der Waals surface area (Å²) in [6, 6.07) is 9.75. The van der Waals surface area contributed by atoms with Gasteiger partial charge in [-0.2, -0.15) is 0 Å². The summed E-state index contributed by atoms with van der Waals surface area (Å²) in [6.45, 7) is 1.24. The maximum Gasteiger partial charge on any atom is 0.155 e. The van der Waals surface area contributed by atoms with Crippen LogP contribution >= 0.6 is 0 Å². The van der Waals surface area contributed by atoms with E-state index >= 15 is 0 Å². The highest BCUT2D eigenvalue weighted by molar-refractivity contribution is 7.92. The molecule has 0 atom stereocenters. The normalized spacial score (nSPS) is 17.3. The van der Waals surface area contributed by atoms with Gasteiger partial charge in [0, 0.05) is 13.1 Å². The van der Waals surface area contributed by atoms with E-state index in [0.717, 1.165) is 5.56 Å². The van der Waals surface area contributed by atoms with Crippen LogP contribution in [0.1, 0.15) is 5.56 Å². The van der Waals surface area contributed by atoms with Gasteiger partial charge in [0.05, 0.1) is 11.0 Å². The Labute approximate surface area is 90.4 Å². The summed E-state index contributed by atoms with van der Waals surface area (Å²) in [5.74, 6) is 0.267. The molecule has 1 saturated heterocycles. The Balaban J connectivity index is 1.93. The summed E-state index contributed by atoms with van der Waals surface area (Å²) in [7, 11) is -2.88. The smallest absolute Gasteiger partial charge is 0.155 e. The van der Waals surface area contributed by atoms with Crippen LogP contribution in [0.4, 0.5) is 0 Å². The second-order valence-electron chi connectivity index (χ2n) is 3.88. The first-order chi connectivity index (χ1) is 7.18. The number of aryl methyl sites for hydroxylation is 1. The highest BCUT2D eigenvalue weighted by atomic mass is 32.2. The molecule has 1 aromatic rings. The van der Waals surface area contributed by atoms with Gasteiger partial charge in [-0.3, -0.25) is 0 Å². The van der Waals surface area contributed by atoms with Crippen LogP contribution in [0.15, 0.2) is 30.3 Å². The Hall–Kier alpha value is -0.870. The Bertz CT molecular complexity index is 409. The Morgan fingerprint density at radius 3 is 2.40 bits per heavy atom. The lowest BCUT2D eigenvalue weighted by molar-refractivity contribution is 0.495. The van der Waals surface area contributed by atoms with Gasteiger partial charge in [0.15, 0.2) is 9.84 Å².